The second kappa shape index (κ2) is 5.73. The highest BCUT2D eigenvalue weighted by Crippen LogP contribution is 2.40. The predicted molar refractivity (Wildman–Crippen MR) is 81.2 cm³/mol. The molecular weight excluding hydrogens is 234 g/mol. The minimum absolute atomic E-state index is 0.429. The van der Waals surface area contributed by atoms with E-state index >= 15 is 0 Å². The minimum Gasteiger partial charge on any atom is -0.389 e. The first-order chi connectivity index (χ1) is 8.80. The molecule has 2 heteroatoms. The van der Waals surface area contributed by atoms with Crippen molar-refractivity contribution in [1.29, 1.82) is 0 Å². The van der Waals surface area contributed by atoms with Crippen LogP contribution in [0.1, 0.15) is 72.6 Å². The van der Waals surface area contributed by atoms with Crippen molar-refractivity contribution in [2.75, 3.05) is 6.54 Å². The lowest BCUT2D eigenvalue weighted by atomic mass is 9.70. The Kier molecular flexibility index (Phi) is 4.62. The van der Waals surface area contributed by atoms with Crippen molar-refractivity contribution in [2.45, 2.75) is 84.3 Å². The van der Waals surface area contributed by atoms with E-state index < -0.39 is 5.60 Å². The smallest absolute Gasteiger partial charge is 0.0772 e. The lowest BCUT2D eigenvalue weighted by Crippen LogP contribution is -2.50. The summed E-state index contributed by atoms with van der Waals surface area (Å²) < 4.78 is 0. The molecule has 2 aliphatic rings. The first-order valence-corrected chi connectivity index (χ1v) is 8.25. The topological polar surface area (TPSA) is 32.3 Å². The van der Waals surface area contributed by atoms with Gasteiger partial charge in [0.15, 0.2) is 0 Å². The normalized spacial score (nSPS) is 38.1. The van der Waals surface area contributed by atoms with Crippen molar-refractivity contribution in [3.63, 3.8) is 0 Å². The van der Waals surface area contributed by atoms with E-state index in [9.17, 15) is 5.11 Å². The number of hydrogen-bond donors (Lipinski definition) is 2. The molecule has 0 saturated heterocycles. The minimum atomic E-state index is -0.448. The van der Waals surface area contributed by atoms with Crippen molar-refractivity contribution < 1.29 is 5.11 Å². The first kappa shape index (κ1) is 15.3. The second-order valence-corrected chi connectivity index (χ2v) is 8.27. The molecule has 2 rings (SSSR count). The van der Waals surface area contributed by atoms with Gasteiger partial charge in [-0.05, 0) is 55.8 Å². The third-order valence-corrected chi connectivity index (χ3v) is 5.69. The second-order valence-electron chi connectivity index (χ2n) is 8.27. The lowest BCUT2D eigenvalue weighted by molar-refractivity contribution is -0.0284. The van der Waals surface area contributed by atoms with Crippen molar-refractivity contribution in [3.05, 3.63) is 0 Å². The Bertz CT molecular complexity index is 290. The summed E-state index contributed by atoms with van der Waals surface area (Å²) in [5.74, 6) is 1.61. The number of hydrogen-bond acceptors (Lipinski definition) is 2. The van der Waals surface area contributed by atoms with Gasteiger partial charge in [-0.2, -0.15) is 0 Å². The van der Waals surface area contributed by atoms with Gasteiger partial charge in [0.25, 0.3) is 0 Å². The molecule has 2 N–H and O–H groups in total. The van der Waals surface area contributed by atoms with Gasteiger partial charge in [0.2, 0.25) is 0 Å². The molecule has 0 heterocycles. The maximum absolute atomic E-state index is 10.7. The van der Waals surface area contributed by atoms with Crippen LogP contribution in [0.2, 0.25) is 0 Å². The molecule has 2 nitrogen and oxygen atoms in total. The molecule has 0 aromatic heterocycles. The van der Waals surface area contributed by atoms with E-state index in [1.807, 2.05) is 0 Å². The predicted octanol–water partition coefficient (Wildman–Crippen LogP) is 3.73. The molecule has 0 bridgehead atoms. The molecule has 19 heavy (non-hydrogen) atoms. The third kappa shape index (κ3) is 4.19. The van der Waals surface area contributed by atoms with Crippen molar-refractivity contribution in [2.24, 2.45) is 17.3 Å². The number of nitrogens with one attached hydrogen (secondary N) is 1. The van der Waals surface area contributed by atoms with E-state index in [2.05, 4.69) is 33.0 Å². The van der Waals surface area contributed by atoms with Crippen LogP contribution in [-0.4, -0.2) is 23.3 Å². The Labute approximate surface area is 119 Å². The summed E-state index contributed by atoms with van der Waals surface area (Å²) in [5, 5.41) is 14.4. The highest BCUT2D eigenvalue weighted by Gasteiger charge is 2.37. The van der Waals surface area contributed by atoms with Crippen LogP contribution in [0, 0.1) is 17.3 Å². The number of aliphatic hydroxyl groups is 1. The zero-order chi connectivity index (χ0) is 14.1. The van der Waals surface area contributed by atoms with Crippen LogP contribution < -0.4 is 5.32 Å². The van der Waals surface area contributed by atoms with Gasteiger partial charge < -0.3 is 10.4 Å². The third-order valence-electron chi connectivity index (χ3n) is 5.69. The molecule has 0 aliphatic heterocycles. The first-order valence-electron chi connectivity index (χ1n) is 8.25. The largest absolute Gasteiger partial charge is 0.389 e. The molecule has 0 aromatic rings. The molecule has 3 unspecified atom stereocenters. The van der Waals surface area contributed by atoms with Gasteiger partial charge in [-0.15, -0.1) is 0 Å². The van der Waals surface area contributed by atoms with Gasteiger partial charge in [-0.3, -0.25) is 0 Å². The quantitative estimate of drug-likeness (QED) is 0.816. The highest BCUT2D eigenvalue weighted by molar-refractivity contribution is 4.92. The molecule has 2 fully saturated rings. The van der Waals surface area contributed by atoms with Crippen LogP contribution in [0.25, 0.3) is 0 Å². The van der Waals surface area contributed by atoms with Crippen LogP contribution in [0.5, 0.6) is 0 Å². The average Bonchev–Trinajstić information content (AvgIpc) is 2.35. The molecule has 0 spiro atoms. The summed E-state index contributed by atoms with van der Waals surface area (Å²) in [6.07, 6.45) is 8.22. The zero-order valence-corrected chi connectivity index (χ0v) is 13.3. The molecule has 112 valence electrons. The van der Waals surface area contributed by atoms with Crippen LogP contribution in [0.15, 0.2) is 0 Å². The molecule has 2 aliphatic carbocycles. The molecule has 3 atom stereocenters. The maximum atomic E-state index is 10.7. The Morgan fingerprint density at radius 1 is 1.05 bits per heavy atom. The fraction of sp³-hybridized carbons (Fsp3) is 1.00. The lowest BCUT2D eigenvalue weighted by Gasteiger charge is -2.42. The Hall–Kier alpha value is -0.0800. The molecule has 0 radical (unpaired) electrons. The molecule has 0 amide bonds. The zero-order valence-electron chi connectivity index (χ0n) is 13.3. The monoisotopic (exact) mass is 267 g/mol. The number of rotatable bonds is 3. The van der Waals surface area contributed by atoms with Gasteiger partial charge in [-0.25, -0.2) is 0 Å². The summed E-state index contributed by atoms with van der Waals surface area (Å²) in [6, 6.07) is 0.614. The standard InChI is InChI=1S/C17H33NO/c1-13-5-6-14(2)15(11-13)18-12-17(19)9-7-16(3,4)8-10-17/h13-15,18-19H,5-12H2,1-4H3. The van der Waals surface area contributed by atoms with Crippen molar-refractivity contribution in [1.82, 2.24) is 5.32 Å². The molecular formula is C17H33NO. The Morgan fingerprint density at radius 3 is 2.32 bits per heavy atom. The van der Waals surface area contributed by atoms with E-state index in [0.717, 1.165) is 44.1 Å². The fourth-order valence-electron chi connectivity index (χ4n) is 3.71. The van der Waals surface area contributed by atoms with Crippen LogP contribution in [-0.2, 0) is 0 Å². The van der Waals surface area contributed by atoms with Gasteiger partial charge in [0, 0.05) is 12.6 Å². The SMILES string of the molecule is CC1CCC(C)C(NCC2(O)CCC(C)(C)CC2)C1. The summed E-state index contributed by atoms with van der Waals surface area (Å²) >= 11 is 0. The summed E-state index contributed by atoms with van der Waals surface area (Å²) in [7, 11) is 0. The van der Waals surface area contributed by atoms with Crippen molar-refractivity contribution >= 4 is 0 Å². The fourth-order valence-corrected chi connectivity index (χ4v) is 3.71. The summed E-state index contributed by atoms with van der Waals surface area (Å²) in [4.78, 5) is 0. The van der Waals surface area contributed by atoms with Crippen LogP contribution in [0.3, 0.4) is 0 Å². The van der Waals surface area contributed by atoms with Crippen molar-refractivity contribution in [3.8, 4) is 0 Å². The molecule has 0 aromatic carbocycles. The van der Waals surface area contributed by atoms with Gasteiger partial charge >= 0.3 is 0 Å². The average molecular weight is 267 g/mol. The summed E-state index contributed by atoms with van der Waals surface area (Å²) in [5.41, 5.74) is -0.0190. The Balaban J connectivity index is 1.81. The Morgan fingerprint density at radius 2 is 1.68 bits per heavy atom. The van der Waals surface area contributed by atoms with E-state index in [1.54, 1.807) is 0 Å². The van der Waals surface area contributed by atoms with E-state index in [-0.39, 0.29) is 0 Å². The van der Waals surface area contributed by atoms with Crippen LogP contribution in [0.4, 0.5) is 0 Å². The highest BCUT2D eigenvalue weighted by atomic mass is 16.3. The summed E-state index contributed by atoms with van der Waals surface area (Å²) in [6.45, 7) is 10.2. The van der Waals surface area contributed by atoms with Gasteiger partial charge in [0.1, 0.15) is 0 Å². The maximum Gasteiger partial charge on any atom is 0.0772 e. The van der Waals surface area contributed by atoms with E-state index in [0.29, 0.717) is 11.5 Å². The van der Waals surface area contributed by atoms with Gasteiger partial charge in [-0.1, -0.05) is 34.1 Å². The van der Waals surface area contributed by atoms with E-state index in [4.69, 9.17) is 0 Å². The van der Waals surface area contributed by atoms with Gasteiger partial charge in [0.05, 0.1) is 5.60 Å². The van der Waals surface area contributed by atoms with E-state index in [1.165, 1.54) is 19.3 Å². The molecule has 2 saturated carbocycles. The van der Waals surface area contributed by atoms with Crippen LogP contribution >= 0.6 is 0 Å².